The van der Waals surface area contributed by atoms with Crippen LogP contribution in [0.5, 0.6) is 0 Å². The van der Waals surface area contributed by atoms with Gasteiger partial charge in [-0.25, -0.2) is 9.59 Å². The Hall–Kier alpha value is -2.74. The van der Waals surface area contributed by atoms with Gasteiger partial charge in [0, 0.05) is 36.4 Å². The van der Waals surface area contributed by atoms with Gasteiger partial charge in [0.1, 0.15) is 17.4 Å². The molecule has 10 heteroatoms. The van der Waals surface area contributed by atoms with Crippen LogP contribution < -0.4 is 4.90 Å². The SMILES string of the molecule is O=C(O)c1ccc(N2[C@@H]3CC[C@H]2CC(OC(=O)c2c(-c4c(Cl)cccc4Cl)noc2C2CC2)C3)c(Cl)c1. The van der Waals surface area contributed by atoms with E-state index in [0.717, 1.165) is 31.4 Å². The molecule has 2 aliphatic heterocycles. The largest absolute Gasteiger partial charge is 0.478 e. The summed E-state index contributed by atoms with van der Waals surface area (Å²) in [6.45, 7) is 0. The highest BCUT2D eigenvalue weighted by atomic mass is 35.5. The average molecular weight is 562 g/mol. The van der Waals surface area contributed by atoms with E-state index >= 15 is 0 Å². The Morgan fingerprint density at radius 3 is 2.24 bits per heavy atom. The van der Waals surface area contributed by atoms with Crippen LogP contribution in [0, 0.1) is 0 Å². The van der Waals surface area contributed by atoms with Crippen molar-refractivity contribution in [2.45, 2.75) is 62.6 Å². The number of halogens is 3. The van der Waals surface area contributed by atoms with Crippen LogP contribution in [0.1, 0.15) is 70.9 Å². The number of esters is 1. The van der Waals surface area contributed by atoms with E-state index in [2.05, 4.69) is 10.1 Å². The van der Waals surface area contributed by atoms with Gasteiger partial charge in [0.25, 0.3) is 0 Å². The van der Waals surface area contributed by atoms with E-state index < -0.39 is 11.9 Å². The first kappa shape index (κ1) is 24.6. The van der Waals surface area contributed by atoms with Crippen molar-refractivity contribution in [3.05, 3.63) is 68.4 Å². The first-order valence-corrected chi connectivity index (χ1v) is 13.4. The molecule has 3 aromatic rings. The molecule has 192 valence electrons. The molecule has 37 heavy (non-hydrogen) atoms. The molecule has 1 N–H and O–H groups in total. The highest BCUT2D eigenvalue weighted by molar-refractivity contribution is 6.39. The van der Waals surface area contributed by atoms with E-state index in [0.29, 0.717) is 50.5 Å². The topological polar surface area (TPSA) is 92.9 Å². The number of carbonyl (C=O) groups excluding carboxylic acids is 1. The molecule has 0 spiro atoms. The molecule has 2 saturated heterocycles. The van der Waals surface area contributed by atoms with Gasteiger partial charge in [-0.3, -0.25) is 0 Å². The summed E-state index contributed by atoms with van der Waals surface area (Å²) in [6, 6.07) is 10.2. The molecule has 3 heterocycles. The number of nitrogens with zero attached hydrogens (tertiary/aromatic N) is 2. The second kappa shape index (κ2) is 9.53. The maximum absolute atomic E-state index is 13.6. The maximum Gasteiger partial charge on any atom is 0.344 e. The molecule has 6 rings (SSSR count). The van der Waals surface area contributed by atoms with Crippen molar-refractivity contribution < 1.29 is 24.0 Å². The lowest BCUT2D eigenvalue weighted by atomic mass is 9.98. The summed E-state index contributed by atoms with van der Waals surface area (Å²) in [5.41, 5.74) is 2.05. The van der Waals surface area contributed by atoms with Crippen LogP contribution in [-0.2, 0) is 4.74 Å². The second-order valence-electron chi connectivity index (χ2n) is 9.90. The van der Waals surface area contributed by atoms with Crippen molar-refractivity contribution in [2.75, 3.05) is 4.90 Å². The van der Waals surface area contributed by atoms with Crippen LogP contribution in [0.25, 0.3) is 11.3 Å². The summed E-state index contributed by atoms with van der Waals surface area (Å²) in [5, 5.41) is 14.6. The number of aromatic nitrogens is 1. The molecule has 3 aliphatic rings. The summed E-state index contributed by atoms with van der Waals surface area (Å²) < 4.78 is 11.7. The van der Waals surface area contributed by atoms with E-state index in [1.54, 1.807) is 30.3 Å². The lowest BCUT2D eigenvalue weighted by molar-refractivity contribution is 0.0202. The number of aromatic carboxylic acids is 1. The zero-order valence-electron chi connectivity index (χ0n) is 19.6. The summed E-state index contributed by atoms with van der Waals surface area (Å²) in [7, 11) is 0. The Morgan fingerprint density at radius 1 is 0.973 bits per heavy atom. The second-order valence-corrected chi connectivity index (χ2v) is 11.1. The first-order chi connectivity index (χ1) is 17.8. The molecule has 2 aromatic carbocycles. The lowest BCUT2D eigenvalue weighted by Gasteiger charge is -2.40. The number of hydrogen-bond donors (Lipinski definition) is 1. The fraction of sp³-hybridized carbons (Fsp3) is 0.370. The molecule has 0 radical (unpaired) electrons. The minimum atomic E-state index is -1.02. The number of rotatable bonds is 6. The van der Waals surface area contributed by atoms with Gasteiger partial charge in [0.2, 0.25) is 0 Å². The smallest absolute Gasteiger partial charge is 0.344 e. The summed E-state index contributed by atoms with van der Waals surface area (Å²) >= 11 is 19.3. The van der Waals surface area contributed by atoms with Gasteiger partial charge in [0.05, 0.1) is 26.3 Å². The third-order valence-corrected chi connectivity index (χ3v) is 8.44. The number of hydrogen-bond acceptors (Lipinski definition) is 6. The number of benzene rings is 2. The number of carboxylic acids is 1. The first-order valence-electron chi connectivity index (χ1n) is 12.3. The van der Waals surface area contributed by atoms with E-state index in [1.807, 2.05) is 0 Å². The molecule has 0 amide bonds. The fourth-order valence-corrected chi connectivity index (χ4v) is 6.55. The van der Waals surface area contributed by atoms with Crippen molar-refractivity contribution in [2.24, 2.45) is 0 Å². The summed E-state index contributed by atoms with van der Waals surface area (Å²) in [6.07, 6.45) is 4.74. The minimum Gasteiger partial charge on any atom is -0.478 e. The van der Waals surface area contributed by atoms with E-state index in [4.69, 9.17) is 44.1 Å². The van der Waals surface area contributed by atoms with Gasteiger partial charge in [0.15, 0.2) is 5.76 Å². The summed E-state index contributed by atoms with van der Waals surface area (Å²) in [5.74, 6) is -0.824. The molecule has 1 aliphatic carbocycles. The zero-order chi connectivity index (χ0) is 25.8. The third kappa shape index (κ3) is 4.47. The van der Waals surface area contributed by atoms with Crippen LogP contribution in [0.2, 0.25) is 15.1 Å². The Bertz CT molecular complexity index is 1370. The van der Waals surface area contributed by atoms with Gasteiger partial charge >= 0.3 is 11.9 Å². The van der Waals surface area contributed by atoms with E-state index in [1.165, 1.54) is 6.07 Å². The molecule has 3 atom stereocenters. The predicted molar refractivity (Wildman–Crippen MR) is 140 cm³/mol. The number of carboxylic acid groups (broad SMARTS) is 1. The van der Waals surface area contributed by atoms with Gasteiger partial charge in [-0.15, -0.1) is 0 Å². The van der Waals surface area contributed by atoms with Gasteiger partial charge in [-0.2, -0.15) is 0 Å². The molecule has 7 nitrogen and oxygen atoms in total. The van der Waals surface area contributed by atoms with Crippen molar-refractivity contribution in [1.29, 1.82) is 0 Å². The number of piperidine rings is 1. The van der Waals surface area contributed by atoms with Crippen LogP contribution in [0.4, 0.5) is 5.69 Å². The molecule has 1 aromatic heterocycles. The van der Waals surface area contributed by atoms with Crippen molar-refractivity contribution in [3.63, 3.8) is 0 Å². The Labute approximate surface area is 228 Å². The zero-order valence-corrected chi connectivity index (χ0v) is 21.9. The Kier molecular flexibility index (Phi) is 6.33. The third-order valence-electron chi connectivity index (χ3n) is 7.51. The molecule has 1 unspecified atom stereocenters. The highest BCUT2D eigenvalue weighted by Gasteiger charge is 2.44. The van der Waals surface area contributed by atoms with Crippen LogP contribution in [0.3, 0.4) is 0 Å². The minimum absolute atomic E-state index is 0.132. The predicted octanol–water partition coefficient (Wildman–Crippen LogP) is 7.23. The highest BCUT2D eigenvalue weighted by Crippen LogP contribution is 2.47. The molecular formula is C27H23Cl3N2O5. The summed E-state index contributed by atoms with van der Waals surface area (Å²) in [4.78, 5) is 27.1. The van der Waals surface area contributed by atoms with Crippen LogP contribution >= 0.6 is 34.8 Å². The van der Waals surface area contributed by atoms with Crippen LogP contribution in [0.15, 0.2) is 40.9 Å². The molecule has 2 bridgehead atoms. The van der Waals surface area contributed by atoms with Crippen LogP contribution in [-0.4, -0.2) is 40.4 Å². The standard InChI is InChI=1S/C27H23Cl3N2O5/c28-18-2-1-3-19(29)22(18)24-23(25(37-31-24)13-4-5-13)27(35)36-17-11-15-7-8-16(12-17)32(15)21-9-6-14(26(33)34)10-20(21)30/h1-3,6,9-10,13,15-17H,4-5,7-8,11-12H2,(H,33,34)/t15-,16+,17?. The van der Waals surface area contributed by atoms with Gasteiger partial charge in [-0.05, 0) is 56.0 Å². The van der Waals surface area contributed by atoms with E-state index in [9.17, 15) is 14.7 Å². The van der Waals surface area contributed by atoms with Crippen molar-refractivity contribution in [1.82, 2.24) is 5.16 Å². The Morgan fingerprint density at radius 2 is 1.65 bits per heavy atom. The van der Waals surface area contributed by atoms with E-state index in [-0.39, 0.29) is 29.7 Å². The number of anilines is 1. The quantitative estimate of drug-likeness (QED) is 0.317. The Balaban J connectivity index is 1.24. The van der Waals surface area contributed by atoms with Gasteiger partial charge in [-0.1, -0.05) is 46.0 Å². The van der Waals surface area contributed by atoms with Crippen molar-refractivity contribution >= 4 is 52.4 Å². The monoisotopic (exact) mass is 560 g/mol. The molecule has 1 saturated carbocycles. The number of carbonyl (C=O) groups is 2. The van der Waals surface area contributed by atoms with Gasteiger partial charge < -0.3 is 19.3 Å². The lowest BCUT2D eigenvalue weighted by Crippen LogP contribution is -2.46. The maximum atomic E-state index is 13.6. The number of fused-ring (bicyclic) bond motifs is 2. The fourth-order valence-electron chi connectivity index (χ4n) is 5.70. The normalized spacial score (nSPS) is 22.8. The molecular weight excluding hydrogens is 539 g/mol. The molecule has 3 fully saturated rings. The average Bonchev–Trinajstić information content (AvgIpc) is 3.55. The number of ether oxygens (including phenoxy) is 1. The van der Waals surface area contributed by atoms with Crippen molar-refractivity contribution in [3.8, 4) is 11.3 Å².